The minimum atomic E-state index is -0.999. The molecular weight excluding hydrogens is 132 g/mol. The maximum atomic E-state index is 10.3. The standard InChI is InChI=1S/C6H8N2O2/c7-5-1-2-8-3-4(5)6(9)10/h1,3,8H,2,7H2,(H,9,10). The summed E-state index contributed by atoms with van der Waals surface area (Å²) in [5.41, 5.74) is 5.81. The van der Waals surface area contributed by atoms with E-state index in [-0.39, 0.29) is 5.57 Å². The molecule has 0 aromatic rings. The van der Waals surface area contributed by atoms with Crippen LogP contribution in [0.3, 0.4) is 0 Å². The lowest BCUT2D eigenvalue weighted by Gasteiger charge is -2.08. The molecule has 0 saturated carbocycles. The van der Waals surface area contributed by atoms with Crippen molar-refractivity contribution < 1.29 is 9.90 Å². The highest BCUT2D eigenvalue weighted by Gasteiger charge is 2.11. The van der Waals surface area contributed by atoms with Crippen molar-refractivity contribution in [2.24, 2.45) is 5.73 Å². The van der Waals surface area contributed by atoms with Crippen LogP contribution in [0.4, 0.5) is 0 Å². The minimum Gasteiger partial charge on any atom is -0.478 e. The summed E-state index contributed by atoms with van der Waals surface area (Å²) in [7, 11) is 0. The fourth-order valence-corrected chi connectivity index (χ4v) is 0.708. The molecule has 0 saturated heterocycles. The van der Waals surface area contributed by atoms with Crippen LogP contribution in [-0.4, -0.2) is 17.6 Å². The second kappa shape index (κ2) is 2.43. The van der Waals surface area contributed by atoms with Gasteiger partial charge in [-0.25, -0.2) is 4.79 Å². The topological polar surface area (TPSA) is 75.3 Å². The molecule has 4 nitrogen and oxygen atoms in total. The number of hydrogen-bond donors (Lipinski definition) is 3. The molecule has 0 unspecified atom stereocenters. The van der Waals surface area contributed by atoms with Gasteiger partial charge in [-0.1, -0.05) is 0 Å². The lowest BCUT2D eigenvalue weighted by Crippen LogP contribution is -2.21. The Labute approximate surface area is 58.0 Å². The van der Waals surface area contributed by atoms with E-state index in [4.69, 9.17) is 10.8 Å². The Morgan fingerprint density at radius 2 is 2.50 bits per heavy atom. The summed E-state index contributed by atoms with van der Waals surface area (Å²) in [6.07, 6.45) is 3.03. The van der Waals surface area contributed by atoms with Crippen molar-refractivity contribution in [1.29, 1.82) is 0 Å². The SMILES string of the molecule is NC1=CCNC=C1C(=O)O. The van der Waals surface area contributed by atoms with Crippen LogP contribution in [-0.2, 0) is 4.79 Å². The predicted molar refractivity (Wildman–Crippen MR) is 36.0 cm³/mol. The number of hydrogen-bond acceptors (Lipinski definition) is 3. The number of rotatable bonds is 1. The van der Waals surface area contributed by atoms with E-state index in [0.717, 1.165) is 0 Å². The third kappa shape index (κ3) is 1.10. The molecule has 0 radical (unpaired) electrons. The van der Waals surface area contributed by atoms with E-state index in [9.17, 15) is 4.79 Å². The fourth-order valence-electron chi connectivity index (χ4n) is 0.708. The smallest absolute Gasteiger partial charge is 0.339 e. The highest BCUT2D eigenvalue weighted by atomic mass is 16.4. The Balaban J connectivity index is 2.84. The Morgan fingerprint density at radius 3 is 2.90 bits per heavy atom. The number of carbonyl (C=O) groups is 1. The summed E-state index contributed by atoms with van der Waals surface area (Å²) >= 11 is 0. The Kier molecular flexibility index (Phi) is 1.62. The van der Waals surface area contributed by atoms with Gasteiger partial charge in [0, 0.05) is 18.4 Å². The molecule has 1 heterocycles. The van der Waals surface area contributed by atoms with Gasteiger partial charge in [0.05, 0.1) is 5.57 Å². The molecule has 4 heteroatoms. The van der Waals surface area contributed by atoms with Crippen molar-refractivity contribution in [3.05, 3.63) is 23.5 Å². The van der Waals surface area contributed by atoms with Crippen LogP contribution in [0.2, 0.25) is 0 Å². The first kappa shape index (κ1) is 6.67. The fraction of sp³-hybridized carbons (Fsp3) is 0.167. The molecule has 1 aliphatic heterocycles. The molecule has 0 spiro atoms. The number of carboxylic acid groups (broad SMARTS) is 1. The van der Waals surface area contributed by atoms with E-state index in [0.29, 0.717) is 12.2 Å². The van der Waals surface area contributed by atoms with Gasteiger partial charge in [0.25, 0.3) is 0 Å². The molecule has 0 aliphatic carbocycles. The van der Waals surface area contributed by atoms with Gasteiger partial charge in [0.15, 0.2) is 0 Å². The molecule has 0 atom stereocenters. The average Bonchev–Trinajstić information content (AvgIpc) is 1.88. The molecule has 1 rings (SSSR count). The van der Waals surface area contributed by atoms with E-state index in [1.54, 1.807) is 6.08 Å². The quantitative estimate of drug-likeness (QED) is 0.454. The Hall–Kier alpha value is -1.45. The van der Waals surface area contributed by atoms with E-state index >= 15 is 0 Å². The summed E-state index contributed by atoms with van der Waals surface area (Å²) in [4.78, 5) is 10.3. The zero-order chi connectivity index (χ0) is 7.56. The summed E-state index contributed by atoms with van der Waals surface area (Å²) in [5, 5.41) is 11.2. The molecule has 10 heavy (non-hydrogen) atoms. The molecule has 4 N–H and O–H groups in total. The summed E-state index contributed by atoms with van der Waals surface area (Å²) in [5.74, 6) is -0.999. The van der Waals surface area contributed by atoms with Crippen molar-refractivity contribution in [3.8, 4) is 0 Å². The molecule has 54 valence electrons. The summed E-state index contributed by atoms with van der Waals surface area (Å²) < 4.78 is 0. The third-order valence-corrected chi connectivity index (χ3v) is 1.23. The van der Waals surface area contributed by atoms with E-state index in [2.05, 4.69) is 5.32 Å². The molecule has 0 amide bonds. The lowest BCUT2D eigenvalue weighted by molar-refractivity contribution is -0.132. The maximum Gasteiger partial charge on any atom is 0.339 e. The van der Waals surface area contributed by atoms with E-state index in [1.165, 1.54) is 6.20 Å². The van der Waals surface area contributed by atoms with Gasteiger partial charge >= 0.3 is 5.97 Å². The van der Waals surface area contributed by atoms with Gasteiger partial charge in [0.2, 0.25) is 0 Å². The van der Waals surface area contributed by atoms with Gasteiger partial charge < -0.3 is 16.2 Å². The molecular formula is C6H8N2O2. The molecule has 0 aromatic heterocycles. The zero-order valence-corrected chi connectivity index (χ0v) is 5.29. The lowest BCUT2D eigenvalue weighted by atomic mass is 10.2. The summed E-state index contributed by atoms with van der Waals surface area (Å²) in [6.45, 7) is 0.600. The van der Waals surface area contributed by atoms with Gasteiger partial charge in [-0.15, -0.1) is 0 Å². The second-order valence-electron chi connectivity index (χ2n) is 1.93. The van der Waals surface area contributed by atoms with Crippen LogP contribution in [0.5, 0.6) is 0 Å². The van der Waals surface area contributed by atoms with Crippen LogP contribution < -0.4 is 11.1 Å². The molecule has 1 aliphatic rings. The van der Waals surface area contributed by atoms with Gasteiger partial charge in [0.1, 0.15) is 0 Å². The van der Waals surface area contributed by atoms with E-state index in [1.807, 2.05) is 0 Å². The number of aliphatic carboxylic acids is 1. The van der Waals surface area contributed by atoms with Crippen LogP contribution in [0, 0.1) is 0 Å². The summed E-state index contributed by atoms with van der Waals surface area (Å²) in [6, 6.07) is 0. The Morgan fingerprint density at radius 1 is 1.80 bits per heavy atom. The monoisotopic (exact) mass is 140 g/mol. The average molecular weight is 140 g/mol. The number of nitrogens with two attached hydrogens (primary N) is 1. The first-order valence-corrected chi connectivity index (χ1v) is 2.84. The second-order valence-corrected chi connectivity index (χ2v) is 1.93. The zero-order valence-electron chi connectivity index (χ0n) is 5.29. The van der Waals surface area contributed by atoms with Gasteiger partial charge in [-0.05, 0) is 6.08 Å². The normalized spacial score (nSPS) is 16.8. The molecule has 0 aromatic carbocycles. The van der Waals surface area contributed by atoms with Crippen LogP contribution in [0.25, 0.3) is 0 Å². The highest BCUT2D eigenvalue weighted by Crippen LogP contribution is 2.05. The van der Waals surface area contributed by atoms with Crippen LogP contribution >= 0.6 is 0 Å². The van der Waals surface area contributed by atoms with Gasteiger partial charge in [-0.2, -0.15) is 0 Å². The third-order valence-electron chi connectivity index (χ3n) is 1.23. The van der Waals surface area contributed by atoms with Crippen LogP contribution in [0.15, 0.2) is 23.5 Å². The Bertz CT molecular complexity index is 218. The number of carboxylic acids is 1. The van der Waals surface area contributed by atoms with Crippen molar-refractivity contribution in [2.75, 3.05) is 6.54 Å². The first-order chi connectivity index (χ1) is 4.72. The first-order valence-electron chi connectivity index (χ1n) is 2.84. The molecule has 0 fully saturated rings. The number of nitrogens with one attached hydrogen (secondary N) is 1. The van der Waals surface area contributed by atoms with Crippen molar-refractivity contribution >= 4 is 5.97 Å². The van der Waals surface area contributed by atoms with Crippen molar-refractivity contribution in [1.82, 2.24) is 5.32 Å². The predicted octanol–water partition coefficient (Wildman–Crippen LogP) is -0.599. The van der Waals surface area contributed by atoms with Crippen molar-refractivity contribution in [2.45, 2.75) is 0 Å². The van der Waals surface area contributed by atoms with Gasteiger partial charge in [-0.3, -0.25) is 0 Å². The highest BCUT2D eigenvalue weighted by molar-refractivity contribution is 5.91. The molecule has 0 bridgehead atoms. The minimum absolute atomic E-state index is 0.131. The van der Waals surface area contributed by atoms with E-state index < -0.39 is 5.97 Å². The number of dihydropyridines is 1. The van der Waals surface area contributed by atoms with Crippen LogP contribution in [0.1, 0.15) is 0 Å². The maximum absolute atomic E-state index is 10.3. The van der Waals surface area contributed by atoms with Crippen molar-refractivity contribution in [3.63, 3.8) is 0 Å². The largest absolute Gasteiger partial charge is 0.478 e.